The van der Waals surface area contributed by atoms with Crippen LogP contribution in [-0.2, 0) is 6.54 Å². The van der Waals surface area contributed by atoms with Crippen LogP contribution < -0.4 is 5.56 Å². The van der Waals surface area contributed by atoms with Crippen LogP contribution >= 0.6 is 11.3 Å². The minimum Gasteiger partial charge on any atom is -0.337 e. The van der Waals surface area contributed by atoms with Gasteiger partial charge in [0.1, 0.15) is 17.2 Å². The molecule has 0 atom stereocenters. The van der Waals surface area contributed by atoms with Crippen LogP contribution in [0.15, 0.2) is 69.6 Å². The molecule has 3 heterocycles. The summed E-state index contributed by atoms with van der Waals surface area (Å²) in [4.78, 5) is 22.6. The number of hydrogen-bond acceptors (Lipinski definition) is 6. The first kappa shape index (κ1) is 18.4. The molecular weight excluding hydrogens is 403 g/mol. The number of hydrogen-bond donors (Lipinski definition) is 0. The van der Waals surface area contributed by atoms with Crippen LogP contribution in [0.2, 0.25) is 0 Å². The van der Waals surface area contributed by atoms with Crippen molar-refractivity contribution in [3.05, 3.63) is 87.9 Å². The molecule has 30 heavy (non-hydrogen) atoms. The highest BCUT2D eigenvalue weighted by Gasteiger charge is 2.16. The molecule has 0 aliphatic heterocycles. The van der Waals surface area contributed by atoms with Gasteiger partial charge in [-0.3, -0.25) is 9.36 Å². The van der Waals surface area contributed by atoms with Crippen LogP contribution in [0, 0.1) is 12.7 Å². The van der Waals surface area contributed by atoms with Crippen LogP contribution in [0.1, 0.15) is 11.5 Å². The van der Waals surface area contributed by atoms with Gasteiger partial charge in [-0.05, 0) is 30.2 Å². The maximum absolute atomic E-state index is 13.3. The van der Waals surface area contributed by atoms with Crippen molar-refractivity contribution in [3.63, 3.8) is 0 Å². The Kier molecular flexibility index (Phi) is 4.48. The molecule has 5 rings (SSSR count). The Labute approximate surface area is 174 Å². The molecule has 0 fully saturated rings. The number of aryl methyl sites for hydroxylation is 1. The SMILES string of the molecule is Cc1ccccc1-c1noc(Cn2cnc3scc(-c4ccc(F)cc4)c3c2=O)n1. The van der Waals surface area contributed by atoms with E-state index in [9.17, 15) is 9.18 Å². The zero-order valence-electron chi connectivity index (χ0n) is 15.9. The third-order valence-electron chi connectivity index (χ3n) is 4.88. The number of thiophene rings is 1. The third-order valence-corrected chi connectivity index (χ3v) is 5.76. The summed E-state index contributed by atoms with van der Waals surface area (Å²) in [6.45, 7) is 2.08. The molecule has 0 saturated heterocycles. The summed E-state index contributed by atoms with van der Waals surface area (Å²) in [5.74, 6) is 0.470. The number of aromatic nitrogens is 4. The van der Waals surface area contributed by atoms with E-state index in [0.29, 0.717) is 21.9 Å². The van der Waals surface area contributed by atoms with E-state index in [1.54, 1.807) is 12.1 Å². The highest BCUT2D eigenvalue weighted by molar-refractivity contribution is 7.17. The lowest BCUT2D eigenvalue weighted by Crippen LogP contribution is -2.21. The minimum absolute atomic E-state index is 0.110. The van der Waals surface area contributed by atoms with Crippen molar-refractivity contribution >= 4 is 21.6 Å². The van der Waals surface area contributed by atoms with E-state index in [0.717, 1.165) is 22.3 Å². The monoisotopic (exact) mass is 418 g/mol. The van der Waals surface area contributed by atoms with Crippen molar-refractivity contribution in [3.8, 4) is 22.5 Å². The van der Waals surface area contributed by atoms with E-state index in [-0.39, 0.29) is 17.9 Å². The fourth-order valence-electron chi connectivity index (χ4n) is 3.32. The molecular formula is C22H15FN4O2S. The van der Waals surface area contributed by atoms with Crippen LogP contribution in [0.25, 0.3) is 32.7 Å². The maximum atomic E-state index is 13.3. The van der Waals surface area contributed by atoms with E-state index in [1.807, 2.05) is 36.6 Å². The van der Waals surface area contributed by atoms with Gasteiger partial charge in [-0.1, -0.05) is 41.6 Å². The lowest BCUT2D eigenvalue weighted by molar-refractivity contribution is 0.369. The Balaban J connectivity index is 1.52. The fourth-order valence-corrected chi connectivity index (χ4v) is 4.23. The minimum atomic E-state index is -0.324. The van der Waals surface area contributed by atoms with Gasteiger partial charge in [0.25, 0.3) is 5.56 Å². The molecule has 0 N–H and O–H groups in total. The molecule has 0 unspecified atom stereocenters. The van der Waals surface area contributed by atoms with Gasteiger partial charge in [-0.15, -0.1) is 11.3 Å². The normalized spacial score (nSPS) is 11.3. The van der Waals surface area contributed by atoms with Gasteiger partial charge in [-0.25, -0.2) is 9.37 Å². The van der Waals surface area contributed by atoms with E-state index >= 15 is 0 Å². The topological polar surface area (TPSA) is 73.8 Å². The first-order valence-corrected chi connectivity index (χ1v) is 10.1. The van der Waals surface area contributed by atoms with E-state index < -0.39 is 0 Å². The molecule has 6 nitrogen and oxygen atoms in total. The van der Waals surface area contributed by atoms with Gasteiger partial charge >= 0.3 is 0 Å². The molecule has 3 aromatic heterocycles. The summed E-state index contributed by atoms with van der Waals surface area (Å²) >= 11 is 1.38. The summed E-state index contributed by atoms with van der Waals surface area (Å²) in [6, 6.07) is 13.8. The van der Waals surface area contributed by atoms with Gasteiger partial charge in [0.15, 0.2) is 0 Å². The molecule has 0 bridgehead atoms. The van der Waals surface area contributed by atoms with Crippen molar-refractivity contribution in [2.45, 2.75) is 13.5 Å². The highest BCUT2D eigenvalue weighted by atomic mass is 32.1. The van der Waals surface area contributed by atoms with E-state index in [4.69, 9.17) is 4.52 Å². The quantitative estimate of drug-likeness (QED) is 0.424. The molecule has 0 aliphatic rings. The highest BCUT2D eigenvalue weighted by Crippen LogP contribution is 2.30. The molecule has 0 spiro atoms. The van der Waals surface area contributed by atoms with Crippen molar-refractivity contribution in [1.29, 1.82) is 0 Å². The molecule has 0 radical (unpaired) electrons. The molecule has 5 aromatic rings. The number of fused-ring (bicyclic) bond motifs is 1. The predicted octanol–water partition coefficient (Wildman–Crippen LogP) is 4.67. The van der Waals surface area contributed by atoms with Crippen LogP contribution in [0.4, 0.5) is 4.39 Å². The molecule has 148 valence electrons. The van der Waals surface area contributed by atoms with E-state index in [2.05, 4.69) is 15.1 Å². The average molecular weight is 418 g/mol. The number of nitrogens with zero attached hydrogens (tertiary/aromatic N) is 4. The van der Waals surface area contributed by atoms with Crippen molar-refractivity contribution < 1.29 is 8.91 Å². The van der Waals surface area contributed by atoms with Gasteiger partial charge in [0.2, 0.25) is 11.7 Å². The van der Waals surface area contributed by atoms with Gasteiger partial charge in [0.05, 0.1) is 11.7 Å². The van der Waals surface area contributed by atoms with Crippen molar-refractivity contribution in [1.82, 2.24) is 19.7 Å². The van der Waals surface area contributed by atoms with Gasteiger partial charge in [0, 0.05) is 16.5 Å². The summed E-state index contributed by atoms with van der Waals surface area (Å²) in [6.07, 6.45) is 1.48. The van der Waals surface area contributed by atoms with Crippen LogP contribution in [0.5, 0.6) is 0 Å². The summed E-state index contributed by atoms with van der Waals surface area (Å²) in [5.41, 5.74) is 3.19. The van der Waals surface area contributed by atoms with E-state index in [1.165, 1.54) is 34.4 Å². The number of halogens is 1. The number of rotatable bonds is 4. The summed E-state index contributed by atoms with van der Waals surface area (Å²) < 4.78 is 20.1. The van der Waals surface area contributed by atoms with Crippen molar-refractivity contribution in [2.75, 3.05) is 0 Å². The lowest BCUT2D eigenvalue weighted by Gasteiger charge is -2.03. The molecule has 2 aromatic carbocycles. The Morgan fingerprint density at radius 1 is 1.10 bits per heavy atom. The van der Waals surface area contributed by atoms with Gasteiger partial charge in [-0.2, -0.15) is 4.98 Å². The van der Waals surface area contributed by atoms with Crippen LogP contribution in [-0.4, -0.2) is 19.7 Å². The first-order valence-electron chi connectivity index (χ1n) is 9.21. The Morgan fingerprint density at radius 3 is 2.70 bits per heavy atom. The summed E-state index contributed by atoms with van der Waals surface area (Å²) in [5, 5.41) is 6.40. The molecule has 0 aliphatic carbocycles. The Bertz CT molecular complexity index is 1420. The Hall–Kier alpha value is -3.65. The zero-order valence-corrected chi connectivity index (χ0v) is 16.7. The number of benzene rings is 2. The van der Waals surface area contributed by atoms with Crippen LogP contribution in [0.3, 0.4) is 0 Å². The predicted molar refractivity (Wildman–Crippen MR) is 113 cm³/mol. The van der Waals surface area contributed by atoms with Gasteiger partial charge < -0.3 is 4.52 Å². The first-order chi connectivity index (χ1) is 14.6. The van der Waals surface area contributed by atoms with Crippen molar-refractivity contribution in [2.24, 2.45) is 0 Å². The second-order valence-corrected chi connectivity index (χ2v) is 7.70. The second kappa shape index (κ2) is 7.31. The molecule has 8 heteroatoms. The fraction of sp³-hybridized carbons (Fsp3) is 0.0909. The zero-order chi connectivity index (χ0) is 20.7. The maximum Gasteiger partial charge on any atom is 0.263 e. The average Bonchev–Trinajstić information content (AvgIpc) is 3.39. The smallest absolute Gasteiger partial charge is 0.263 e. The second-order valence-electron chi connectivity index (χ2n) is 6.84. The Morgan fingerprint density at radius 2 is 1.90 bits per heavy atom. The lowest BCUT2D eigenvalue weighted by atomic mass is 10.1. The third kappa shape index (κ3) is 3.21. The largest absolute Gasteiger partial charge is 0.337 e. The molecule has 0 amide bonds. The molecule has 0 saturated carbocycles. The summed E-state index contributed by atoms with van der Waals surface area (Å²) in [7, 11) is 0. The standard InChI is InChI=1S/C22H15FN4O2S/c1-13-4-2-3-5-16(13)20-25-18(29-26-20)10-27-12-24-21-19(22(27)28)17(11-30-21)14-6-8-15(23)9-7-14/h2-9,11-12H,10H2,1H3.